The monoisotopic (exact) mass is 280 g/mol. The zero-order chi connectivity index (χ0) is 15.0. The highest BCUT2D eigenvalue weighted by Gasteiger charge is 2.24. The molecule has 0 aliphatic carbocycles. The molecular formula is C16H24O4. The van der Waals surface area contributed by atoms with Gasteiger partial charge in [-0.15, -0.1) is 0 Å². The Bertz CT molecular complexity index is 400. The summed E-state index contributed by atoms with van der Waals surface area (Å²) in [4.78, 5) is 12.0. The predicted octanol–water partition coefficient (Wildman–Crippen LogP) is 3.12. The Morgan fingerprint density at radius 2 is 1.90 bits per heavy atom. The Balaban J connectivity index is 2.67. The van der Waals surface area contributed by atoms with Crippen LogP contribution in [-0.4, -0.2) is 31.9 Å². The summed E-state index contributed by atoms with van der Waals surface area (Å²) in [6.07, 6.45) is 0.0236. The summed E-state index contributed by atoms with van der Waals surface area (Å²) in [5.74, 6) is -0.353. The Hall–Kier alpha value is -1.39. The molecule has 0 aliphatic heterocycles. The molecule has 4 heteroatoms. The second kappa shape index (κ2) is 8.02. The third-order valence-corrected chi connectivity index (χ3v) is 3.14. The van der Waals surface area contributed by atoms with Crippen LogP contribution in [-0.2, 0) is 19.0 Å². The first-order valence-electron chi connectivity index (χ1n) is 6.88. The van der Waals surface area contributed by atoms with E-state index in [0.717, 1.165) is 5.56 Å². The summed E-state index contributed by atoms with van der Waals surface area (Å²) in [7, 11) is 1.67. The summed E-state index contributed by atoms with van der Waals surface area (Å²) in [6, 6.07) is 9.39. The number of carbonyl (C=O) groups excluding carboxylic acids is 1. The highest BCUT2D eigenvalue weighted by atomic mass is 16.6. The van der Waals surface area contributed by atoms with Crippen LogP contribution in [0.2, 0.25) is 0 Å². The number of esters is 1. The van der Waals surface area contributed by atoms with Gasteiger partial charge in [0.05, 0.1) is 18.8 Å². The molecule has 0 radical (unpaired) electrons. The second-order valence-corrected chi connectivity index (χ2v) is 5.13. The molecular weight excluding hydrogens is 256 g/mol. The largest absolute Gasteiger partial charge is 0.464 e. The van der Waals surface area contributed by atoms with Crippen LogP contribution in [0.15, 0.2) is 30.3 Å². The van der Waals surface area contributed by atoms with Gasteiger partial charge in [0.1, 0.15) is 0 Å². The van der Waals surface area contributed by atoms with Gasteiger partial charge in [0, 0.05) is 7.11 Å². The smallest absolute Gasteiger partial charge is 0.339 e. The maximum Gasteiger partial charge on any atom is 0.339 e. The first kappa shape index (κ1) is 16.7. The van der Waals surface area contributed by atoms with Crippen LogP contribution in [0.1, 0.15) is 38.9 Å². The van der Waals surface area contributed by atoms with Crippen LogP contribution in [0.4, 0.5) is 0 Å². The molecule has 0 bridgehead atoms. The zero-order valence-electron chi connectivity index (χ0n) is 12.7. The first-order chi connectivity index (χ1) is 9.50. The molecule has 0 fully saturated rings. The number of hydrogen-bond acceptors (Lipinski definition) is 4. The third-order valence-electron chi connectivity index (χ3n) is 3.14. The summed E-state index contributed by atoms with van der Waals surface area (Å²) < 4.78 is 16.1. The van der Waals surface area contributed by atoms with Gasteiger partial charge in [0.2, 0.25) is 0 Å². The fourth-order valence-electron chi connectivity index (χ4n) is 1.67. The predicted molar refractivity (Wildman–Crippen MR) is 77.5 cm³/mol. The minimum atomic E-state index is -0.677. The van der Waals surface area contributed by atoms with Crippen LogP contribution in [0, 0.1) is 0 Å². The van der Waals surface area contributed by atoms with E-state index in [2.05, 4.69) is 0 Å². The fraction of sp³-hybridized carbons (Fsp3) is 0.562. The lowest BCUT2D eigenvalue weighted by molar-refractivity contribution is -0.158. The van der Waals surface area contributed by atoms with Crippen LogP contribution in [0.5, 0.6) is 0 Å². The van der Waals surface area contributed by atoms with E-state index < -0.39 is 6.10 Å². The zero-order valence-corrected chi connectivity index (χ0v) is 12.7. The fourth-order valence-corrected chi connectivity index (χ4v) is 1.67. The van der Waals surface area contributed by atoms with Gasteiger partial charge in [-0.1, -0.05) is 30.3 Å². The summed E-state index contributed by atoms with van der Waals surface area (Å²) >= 11 is 0. The van der Waals surface area contributed by atoms with Crippen molar-refractivity contribution in [1.82, 2.24) is 0 Å². The molecule has 1 aromatic carbocycles. The van der Waals surface area contributed by atoms with Gasteiger partial charge in [0.25, 0.3) is 0 Å². The van der Waals surface area contributed by atoms with Crippen LogP contribution in [0.25, 0.3) is 0 Å². The molecule has 20 heavy (non-hydrogen) atoms. The van der Waals surface area contributed by atoms with Gasteiger partial charge in [0.15, 0.2) is 6.10 Å². The van der Waals surface area contributed by atoms with E-state index in [1.54, 1.807) is 14.0 Å². The van der Waals surface area contributed by atoms with Crippen molar-refractivity contribution >= 4 is 5.97 Å². The molecule has 0 saturated heterocycles. The highest BCUT2D eigenvalue weighted by molar-refractivity contribution is 5.76. The van der Waals surface area contributed by atoms with Gasteiger partial charge in [-0.25, -0.2) is 4.79 Å². The number of ether oxygens (including phenoxy) is 3. The van der Waals surface area contributed by atoms with E-state index in [-0.39, 0.29) is 11.6 Å². The normalized spacial score (nSPS) is 13.0. The highest BCUT2D eigenvalue weighted by Crippen LogP contribution is 2.21. The molecule has 0 N–H and O–H groups in total. The summed E-state index contributed by atoms with van der Waals surface area (Å²) in [5.41, 5.74) is 0.539. The average molecular weight is 280 g/mol. The van der Waals surface area contributed by atoms with Crippen molar-refractivity contribution in [3.05, 3.63) is 35.9 Å². The van der Waals surface area contributed by atoms with Gasteiger partial charge in [-0.2, -0.15) is 0 Å². The van der Waals surface area contributed by atoms with E-state index in [4.69, 9.17) is 14.2 Å². The minimum Gasteiger partial charge on any atom is -0.464 e. The lowest BCUT2D eigenvalue weighted by atomic mass is 10.1. The average Bonchev–Trinajstić information content (AvgIpc) is 2.44. The van der Waals surface area contributed by atoms with E-state index in [1.165, 1.54) is 0 Å². The molecule has 1 rings (SSSR count). The van der Waals surface area contributed by atoms with Crippen molar-refractivity contribution in [3.8, 4) is 0 Å². The van der Waals surface area contributed by atoms with Crippen LogP contribution in [0.3, 0.4) is 0 Å². The maximum absolute atomic E-state index is 12.0. The lowest BCUT2D eigenvalue weighted by Crippen LogP contribution is -2.26. The molecule has 0 saturated carbocycles. The Morgan fingerprint density at radius 1 is 1.25 bits per heavy atom. The molecule has 1 unspecified atom stereocenters. The number of methoxy groups -OCH3 is 1. The standard InChI is InChI=1S/C16H24O4/c1-5-19-15(17)14(13-9-7-6-8-10-13)20-12-11-16(2,3)18-4/h6-10,14H,5,11-12H2,1-4H3. The lowest BCUT2D eigenvalue weighted by Gasteiger charge is -2.24. The van der Waals surface area contributed by atoms with Gasteiger partial charge >= 0.3 is 5.97 Å². The summed E-state index contributed by atoms with van der Waals surface area (Å²) in [5, 5.41) is 0. The number of carbonyl (C=O) groups is 1. The molecule has 1 atom stereocenters. The van der Waals surface area contributed by atoms with Crippen molar-refractivity contribution in [1.29, 1.82) is 0 Å². The third kappa shape index (κ3) is 5.31. The molecule has 0 spiro atoms. The number of rotatable bonds is 8. The minimum absolute atomic E-state index is 0.268. The van der Waals surface area contributed by atoms with Gasteiger partial charge in [-0.05, 0) is 32.8 Å². The molecule has 112 valence electrons. The molecule has 0 heterocycles. The van der Waals surface area contributed by atoms with Gasteiger partial charge < -0.3 is 14.2 Å². The second-order valence-electron chi connectivity index (χ2n) is 5.13. The number of hydrogen-bond donors (Lipinski definition) is 0. The van der Waals surface area contributed by atoms with E-state index in [1.807, 2.05) is 44.2 Å². The molecule has 0 aromatic heterocycles. The van der Waals surface area contributed by atoms with Crippen LogP contribution >= 0.6 is 0 Å². The molecule has 4 nitrogen and oxygen atoms in total. The topological polar surface area (TPSA) is 44.8 Å². The van der Waals surface area contributed by atoms with Crippen molar-refractivity contribution in [2.75, 3.05) is 20.3 Å². The molecule has 1 aromatic rings. The SMILES string of the molecule is CCOC(=O)C(OCCC(C)(C)OC)c1ccccc1. The van der Waals surface area contributed by atoms with Crippen molar-refractivity contribution < 1.29 is 19.0 Å². The van der Waals surface area contributed by atoms with Crippen molar-refractivity contribution in [2.24, 2.45) is 0 Å². The Morgan fingerprint density at radius 3 is 2.45 bits per heavy atom. The first-order valence-corrected chi connectivity index (χ1v) is 6.88. The van der Waals surface area contributed by atoms with Crippen molar-refractivity contribution in [2.45, 2.75) is 38.9 Å². The van der Waals surface area contributed by atoms with E-state index in [0.29, 0.717) is 19.6 Å². The molecule has 0 aliphatic rings. The van der Waals surface area contributed by atoms with E-state index >= 15 is 0 Å². The van der Waals surface area contributed by atoms with Crippen LogP contribution < -0.4 is 0 Å². The molecule has 0 amide bonds. The number of benzene rings is 1. The van der Waals surface area contributed by atoms with Gasteiger partial charge in [-0.3, -0.25) is 0 Å². The quantitative estimate of drug-likeness (QED) is 0.686. The Kier molecular flexibility index (Phi) is 6.68. The Labute approximate surface area is 121 Å². The van der Waals surface area contributed by atoms with Crippen molar-refractivity contribution in [3.63, 3.8) is 0 Å². The maximum atomic E-state index is 12.0. The van der Waals surface area contributed by atoms with E-state index in [9.17, 15) is 4.79 Å². The summed E-state index contributed by atoms with van der Waals surface area (Å²) in [6.45, 7) is 6.53.